The van der Waals surface area contributed by atoms with E-state index in [4.69, 9.17) is 0 Å². The zero-order valence-electron chi connectivity index (χ0n) is 11.8. The third-order valence-corrected chi connectivity index (χ3v) is 4.67. The average Bonchev–Trinajstić information content (AvgIpc) is 2.38. The second-order valence-corrected chi connectivity index (χ2v) is 6.64. The molecule has 0 aliphatic carbocycles. The molecular formula is C13H22N2O3S. The van der Waals surface area contributed by atoms with Gasteiger partial charge < -0.3 is 4.90 Å². The van der Waals surface area contributed by atoms with Crippen molar-refractivity contribution in [3.05, 3.63) is 24.3 Å². The maximum absolute atomic E-state index is 11.9. The molecular weight excluding hydrogens is 264 g/mol. The van der Waals surface area contributed by atoms with Crippen molar-refractivity contribution >= 4 is 21.6 Å². The van der Waals surface area contributed by atoms with Crippen LogP contribution in [0.2, 0.25) is 0 Å². The molecule has 0 bridgehead atoms. The number of sulfonamides is 1. The molecule has 1 rings (SSSR count). The van der Waals surface area contributed by atoms with Crippen molar-refractivity contribution in [2.45, 2.75) is 24.7 Å². The summed E-state index contributed by atoms with van der Waals surface area (Å²) in [5, 5.41) is 0. The molecule has 6 heteroatoms. The molecule has 0 fully saturated rings. The van der Waals surface area contributed by atoms with Gasteiger partial charge in [0.1, 0.15) is 0 Å². The Hall–Kier alpha value is -1.40. The summed E-state index contributed by atoms with van der Waals surface area (Å²) in [5.41, 5.74) is 0.691. The van der Waals surface area contributed by atoms with Crippen LogP contribution in [0.5, 0.6) is 0 Å². The molecule has 0 aliphatic heterocycles. The number of nitrogens with zero attached hydrogens (tertiary/aromatic N) is 2. The van der Waals surface area contributed by atoms with Gasteiger partial charge in [0.2, 0.25) is 15.9 Å². The van der Waals surface area contributed by atoms with Gasteiger partial charge in [-0.25, -0.2) is 12.7 Å². The molecule has 1 aromatic carbocycles. The van der Waals surface area contributed by atoms with Gasteiger partial charge in [-0.3, -0.25) is 4.79 Å². The standard InChI is InChI=1S/C13H20N2O3S.H2/c1-5-6-13(16)15(4)11-7-9-12(10-8-11)19(17,18)14(2)3;/h7-10H,5-6H2,1-4H3;1H/i;1+2. The molecule has 1 amide bonds. The molecule has 19 heavy (non-hydrogen) atoms. The number of rotatable bonds is 5. The Morgan fingerprint density at radius 2 is 1.68 bits per heavy atom. The first-order valence-corrected chi connectivity index (χ1v) is 7.54. The lowest BCUT2D eigenvalue weighted by molar-refractivity contribution is -0.118. The summed E-state index contributed by atoms with van der Waals surface area (Å²) in [6, 6.07) is 6.31. The van der Waals surface area contributed by atoms with Crippen molar-refractivity contribution in [2.24, 2.45) is 0 Å². The minimum absolute atomic E-state index is 0. The fourth-order valence-electron chi connectivity index (χ4n) is 1.58. The SMILES string of the molecule is CCCC(=O)N(C)c1ccc(S(=O)(=O)N(C)C)cc1.[3HH]. The van der Waals surface area contributed by atoms with Crippen molar-refractivity contribution in [3.8, 4) is 0 Å². The lowest BCUT2D eigenvalue weighted by Gasteiger charge is -2.18. The van der Waals surface area contributed by atoms with Gasteiger partial charge in [0.15, 0.2) is 0 Å². The fourth-order valence-corrected chi connectivity index (χ4v) is 2.48. The predicted octanol–water partition coefficient (Wildman–Crippen LogP) is 1.95. The molecule has 0 spiro atoms. The van der Waals surface area contributed by atoms with E-state index >= 15 is 0 Å². The smallest absolute Gasteiger partial charge is 0.242 e. The highest BCUT2D eigenvalue weighted by atomic mass is 32.2. The van der Waals surface area contributed by atoms with Gasteiger partial charge in [0.25, 0.3) is 0 Å². The van der Waals surface area contributed by atoms with Crippen LogP contribution in [-0.2, 0) is 14.8 Å². The number of amides is 1. The molecule has 0 aromatic heterocycles. The van der Waals surface area contributed by atoms with Gasteiger partial charge in [0.05, 0.1) is 4.90 Å². The van der Waals surface area contributed by atoms with Gasteiger partial charge in [-0.15, -0.1) is 0 Å². The normalized spacial score (nSPS) is 11.6. The molecule has 1 aromatic rings. The Morgan fingerprint density at radius 3 is 2.11 bits per heavy atom. The number of hydrogen-bond acceptors (Lipinski definition) is 3. The zero-order valence-corrected chi connectivity index (χ0v) is 12.6. The van der Waals surface area contributed by atoms with Crippen molar-refractivity contribution in [1.29, 1.82) is 0 Å². The Bertz CT molecular complexity index is 541. The molecule has 108 valence electrons. The zero-order chi connectivity index (χ0) is 14.6. The molecule has 0 saturated heterocycles. The summed E-state index contributed by atoms with van der Waals surface area (Å²) in [5.74, 6) is 0.0192. The summed E-state index contributed by atoms with van der Waals surface area (Å²) >= 11 is 0. The van der Waals surface area contributed by atoms with E-state index in [0.717, 1.165) is 10.7 Å². The van der Waals surface area contributed by atoms with E-state index in [1.54, 1.807) is 19.2 Å². The number of hydrogen-bond donors (Lipinski definition) is 0. The van der Waals surface area contributed by atoms with E-state index in [1.165, 1.54) is 31.1 Å². The minimum atomic E-state index is -3.42. The van der Waals surface area contributed by atoms with E-state index in [1.807, 2.05) is 6.92 Å². The van der Waals surface area contributed by atoms with E-state index in [9.17, 15) is 13.2 Å². The van der Waals surface area contributed by atoms with E-state index in [0.29, 0.717) is 12.1 Å². The Kier molecular flexibility index (Phi) is 5.08. The van der Waals surface area contributed by atoms with Gasteiger partial charge >= 0.3 is 0 Å². The minimum Gasteiger partial charge on any atom is -0.316 e. The molecule has 0 aliphatic rings. The number of anilines is 1. The monoisotopic (exact) mass is 288 g/mol. The first kappa shape index (κ1) is 15.7. The van der Waals surface area contributed by atoms with Crippen LogP contribution in [0.1, 0.15) is 21.2 Å². The topological polar surface area (TPSA) is 57.7 Å². The average molecular weight is 288 g/mol. The number of carbonyl (C=O) groups is 1. The Morgan fingerprint density at radius 1 is 1.16 bits per heavy atom. The van der Waals surface area contributed by atoms with Crippen molar-refractivity contribution in [1.82, 2.24) is 4.31 Å². The number of benzene rings is 1. The summed E-state index contributed by atoms with van der Waals surface area (Å²) in [7, 11) is 1.24. The van der Waals surface area contributed by atoms with E-state index < -0.39 is 10.0 Å². The van der Waals surface area contributed by atoms with Gasteiger partial charge in [-0.1, -0.05) is 6.92 Å². The molecule has 0 unspecified atom stereocenters. The summed E-state index contributed by atoms with van der Waals surface area (Å²) in [6.07, 6.45) is 1.27. The lowest BCUT2D eigenvalue weighted by atomic mass is 10.2. The molecule has 0 atom stereocenters. The first-order valence-electron chi connectivity index (χ1n) is 6.10. The molecule has 0 N–H and O–H groups in total. The van der Waals surface area contributed by atoms with Gasteiger partial charge in [-0.2, -0.15) is 0 Å². The quantitative estimate of drug-likeness (QED) is 0.832. The van der Waals surface area contributed by atoms with Crippen LogP contribution in [0.25, 0.3) is 0 Å². The number of carbonyl (C=O) groups excluding carboxylic acids is 1. The largest absolute Gasteiger partial charge is 0.316 e. The first-order chi connectivity index (χ1) is 8.80. The highest BCUT2D eigenvalue weighted by Gasteiger charge is 2.17. The predicted molar refractivity (Wildman–Crippen MR) is 77.7 cm³/mol. The highest BCUT2D eigenvalue weighted by Crippen LogP contribution is 2.19. The van der Waals surface area contributed by atoms with Crippen LogP contribution in [0.4, 0.5) is 5.69 Å². The highest BCUT2D eigenvalue weighted by molar-refractivity contribution is 7.89. The van der Waals surface area contributed by atoms with Crippen LogP contribution in [0.3, 0.4) is 0 Å². The van der Waals surface area contributed by atoms with Crippen LogP contribution >= 0.6 is 0 Å². The van der Waals surface area contributed by atoms with Crippen molar-refractivity contribution < 1.29 is 14.6 Å². The second kappa shape index (κ2) is 6.16. The van der Waals surface area contributed by atoms with Crippen molar-refractivity contribution in [2.75, 3.05) is 26.0 Å². The Labute approximate surface area is 116 Å². The van der Waals surface area contributed by atoms with Crippen LogP contribution in [0.15, 0.2) is 29.2 Å². The lowest BCUT2D eigenvalue weighted by Crippen LogP contribution is -2.26. The summed E-state index contributed by atoms with van der Waals surface area (Å²) in [6.45, 7) is 1.94. The molecule has 0 heterocycles. The fraction of sp³-hybridized carbons (Fsp3) is 0.462. The van der Waals surface area contributed by atoms with Gasteiger partial charge in [0, 0.05) is 34.7 Å². The third-order valence-electron chi connectivity index (χ3n) is 2.84. The third kappa shape index (κ3) is 3.54. The molecule has 5 nitrogen and oxygen atoms in total. The second-order valence-electron chi connectivity index (χ2n) is 4.48. The van der Waals surface area contributed by atoms with Crippen LogP contribution < -0.4 is 4.90 Å². The van der Waals surface area contributed by atoms with E-state index in [2.05, 4.69) is 0 Å². The van der Waals surface area contributed by atoms with Crippen molar-refractivity contribution in [3.63, 3.8) is 0 Å². The van der Waals surface area contributed by atoms with E-state index in [-0.39, 0.29) is 12.2 Å². The molecule has 0 saturated carbocycles. The maximum Gasteiger partial charge on any atom is 0.242 e. The van der Waals surface area contributed by atoms with Crippen LogP contribution in [0, 0.1) is 0 Å². The summed E-state index contributed by atoms with van der Waals surface area (Å²) in [4.78, 5) is 13.5. The van der Waals surface area contributed by atoms with Crippen LogP contribution in [-0.4, -0.2) is 39.8 Å². The maximum atomic E-state index is 11.9. The molecule has 0 radical (unpaired) electrons. The summed E-state index contributed by atoms with van der Waals surface area (Å²) < 4.78 is 25.0. The van der Waals surface area contributed by atoms with Gasteiger partial charge in [-0.05, 0) is 30.7 Å². The Balaban J connectivity index is 0.00000361.